The van der Waals surface area contributed by atoms with Crippen LogP contribution < -0.4 is 5.73 Å². The molecule has 0 saturated carbocycles. The summed E-state index contributed by atoms with van der Waals surface area (Å²) in [5, 5.41) is 0. The van der Waals surface area contributed by atoms with Crippen LogP contribution in [0.15, 0.2) is 36.8 Å². The van der Waals surface area contributed by atoms with Gasteiger partial charge in [0.2, 0.25) is 0 Å². The zero-order chi connectivity index (χ0) is 12.3. The number of rotatable bonds is 3. The Morgan fingerprint density at radius 1 is 1.29 bits per heavy atom. The maximum Gasteiger partial charge on any atom is 0.185 e. The summed E-state index contributed by atoms with van der Waals surface area (Å²) in [6.45, 7) is 0. The van der Waals surface area contributed by atoms with Crippen LogP contribution in [0, 0.1) is 5.82 Å². The first-order chi connectivity index (χ1) is 8.16. The van der Waals surface area contributed by atoms with E-state index in [1.165, 1.54) is 18.3 Å². The number of hydrogen-bond acceptors (Lipinski definition) is 4. The third-order valence-electron chi connectivity index (χ3n) is 2.31. The summed E-state index contributed by atoms with van der Waals surface area (Å²) in [5.74, 6) is -0.688. The van der Waals surface area contributed by atoms with Gasteiger partial charge in [0.05, 0.1) is 6.20 Å². The number of carbonyl (C=O) groups excluding carboxylic acids is 1. The largest absolute Gasteiger partial charge is 0.398 e. The van der Waals surface area contributed by atoms with Gasteiger partial charge >= 0.3 is 0 Å². The molecule has 0 aliphatic carbocycles. The zero-order valence-corrected chi connectivity index (χ0v) is 8.93. The monoisotopic (exact) mass is 231 g/mol. The predicted molar refractivity (Wildman–Crippen MR) is 60.9 cm³/mol. The lowest BCUT2D eigenvalue weighted by Gasteiger charge is -2.03. The summed E-state index contributed by atoms with van der Waals surface area (Å²) in [6.07, 6.45) is 4.22. The smallest absolute Gasteiger partial charge is 0.185 e. The SMILES string of the molecule is Nc1ccncc1CC(=O)c1ccc(F)cn1. The van der Waals surface area contributed by atoms with Gasteiger partial charge < -0.3 is 5.73 Å². The molecule has 2 heterocycles. The van der Waals surface area contributed by atoms with E-state index in [-0.39, 0.29) is 17.9 Å². The van der Waals surface area contributed by atoms with E-state index in [1.54, 1.807) is 12.3 Å². The Morgan fingerprint density at radius 3 is 2.76 bits per heavy atom. The van der Waals surface area contributed by atoms with Crippen molar-refractivity contribution in [2.45, 2.75) is 6.42 Å². The van der Waals surface area contributed by atoms with Gasteiger partial charge in [-0.25, -0.2) is 4.39 Å². The van der Waals surface area contributed by atoms with E-state index in [0.717, 1.165) is 6.20 Å². The molecule has 4 nitrogen and oxygen atoms in total. The van der Waals surface area contributed by atoms with Gasteiger partial charge in [-0.15, -0.1) is 0 Å². The van der Waals surface area contributed by atoms with Gasteiger partial charge in [-0.1, -0.05) is 0 Å². The standard InChI is InChI=1S/C12H10FN3O/c13-9-1-2-11(16-7-9)12(17)5-8-6-15-4-3-10(8)14/h1-4,6-7H,5H2,(H2,14,15). The topological polar surface area (TPSA) is 68.9 Å². The van der Waals surface area contributed by atoms with Gasteiger partial charge in [0.15, 0.2) is 5.78 Å². The summed E-state index contributed by atoms with van der Waals surface area (Å²) in [7, 11) is 0. The van der Waals surface area contributed by atoms with Crippen LogP contribution >= 0.6 is 0 Å². The fraction of sp³-hybridized carbons (Fsp3) is 0.0833. The van der Waals surface area contributed by atoms with Crippen LogP contribution in [0.1, 0.15) is 16.1 Å². The van der Waals surface area contributed by atoms with E-state index in [4.69, 9.17) is 5.73 Å². The van der Waals surface area contributed by atoms with Crippen molar-refractivity contribution in [3.05, 3.63) is 53.9 Å². The van der Waals surface area contributed by atoms with Gasteiger partial charge in [0.1, 0.15) is 11.5 Å². The molecule has 0 bridgehead atoms. The number of ketones is 1. The van der Waals surface area contributed by atoms with Crippen molar-refractivity contribution < 1.29 is 9.18 Å². The third-order valence-corrected chi connectivity index (χ3v) is 2.31. The number of anilines is 1. The molecule has 2 rings (SSSR count). The van der Waals surface area contributed by atoms with E-state index < -0.39 is 5.82 Å². The first-order valence-corrected chi connectivity index (χ1v) is 5.00. The third kappa shape index (κ3) is 2.63. The first-order valence-electron chi connectivity index (χ1n) is 5.00. The summed E-state index contributed by atoms with van der Waals surface area (Å²) < 4.78 is 12.6. The number of hydrogen-bond donors (Lipinski definition) is 1. The molecule has 0 atom stereocenters. The molecular formula is C12H10FN3O. The van der Waals surface area contributed by atoms with Gasteiger partial charge in [-0.3, -0.25) is 14.8 Å². The number of nitrogen functional groups attached to an aromatic ring is 1. The van der Waals surface area contributed by atoms with Crippen LogP contribution in [-0.4, -0.2) is 15.8 Å². The van der Waals surface area contributed by atoms with Crippen LogP contribution in [0.2, 0.25) is 0 Å². The lowest BCUT2D eigenvalue weighted by molar-refractivity contribution is 0.0988. The van der Waals surface area contributed by atoms with E-state index in [9.17, 15) is 9.18 Å². The summed E-state index contributed by atoms with van der Waals surface area (Å²) in [5.41, 5.74) is 7.07. The molecule has 2 aromatic rings. The molecule has 0 saturated heterocycles. The zero-order valence-electron chi connectivity index (χ0n) is 8.93. The second kappa shape index (κ2) is 4.69. The second-order valence-electron chi connectivity index (χ2n) is 3.54. The molecule has 2 N–H and O–H groups in total. The van der Waals surface area contributed by atoms with Gasteiger partial charge in [-0.05, 0) is 18.2 Å². The number of nitrogens with two attached hydrogens (primary N) is 1. The maximum absolute atomic E-state index is 12.6. The van der Waals surface area contributed by atoms with E-state index in [2.05, 4.69) is 9.97 Å². The summed E-state index contributed by atoms with van der Waals surface area (Å²) >= 11 is 0. The average molecular weight is 231 g/mol. The molecule has 0 unspecified atom stereocenters. The Hall–Kier alpha value is -2.30. The Morgan fingerprint density at radius 2 is 2.12 bits per heavy atom. The molecular weight excluding hydrogens is 221 g/mol. The fourth-order valence-electron chi connectivity index (χ4n) is 1.39. The molecule has 0 spiro atoms. The van der Waals surface area contributed by atoms with E-state index in [0.29, 0.717) is 11.3 Å². The number of carbonyl (C=O) groups is 1. The molecule has 0 aliphatic rings. The highest BCUT2D eigenvalue weighted by Gasteiger charge is 2.10. The van der Waals surface area contributed by atoms with Crippen molar-refractivity contribution in [1.29, 1.82) is 0 Å². The molecule has 0 radical (unpaired) electrons. The molecule has 0 aliphatic heterocycles. The van der Waals surface area contributed by atoms with E-state index >= 15 is 0 Å². The molecule has 17 heavy (non-hydrogen) atoms. The first kappa shape index (κ1) is 11.2. The molecule has 0 fully saturated rings. The minimum absolute atomic E-state index is 0.109. The molecule has 2 aromatic heterocycles. The van der Waals surface area contributed by atoms with Crippen LogP contribution in [-0.2, 0) is 6.42 Å². The highest BCUT2D eigenvalue weighted by Crippen LogP contribution is 2.12. The molecule has 0 aromatic carbocycles. The van der Waals surface area contributed by atoms with Crippen molar-refractivity contribution >= 4 is 11.5 Å². The second-order valence-corrected chi connectivity index (χ2v) is 3.54. The van der Waals surface area contributed by atoms with Crippen molar-refractivity contribution in [2.75, 3.05) is 5.73 Å². The summed E-state index contributed by atoms with van der Waals surface area (Å²) in [6, 6.07) is 4.18. The van der Waals surface area contributed by atoms with Crippen molar-refractivity contribution in [2.24, 2.45) is 0 Å². The summed E-state index contributed by atoms with van der Waals surface area (Å²) in [4.78, 5) is 19.4. The number of nitrogens with zero attached hydrogens (tertiary/aromatic N) is 2. The predicted octanol–water partition coefficient (Wildman–Crippen LogP) is 1.62. The van der Waals surface area contributed by atoms with E-state index in [1.807, 2.05) is 0 Å². The van der Waals surface area contributed by atoms with Crippen LogP contribution in [0.5, 0.6) is 0 Å². The highest BCUT2D eigenvalue weighted by atomic mass is 19.1. The Kier molecular flexibility index (Phi) is 3.09. The lowest BCUT2D eigenvalue weighted by atomic mass is 10.1. The molecule has 86 valence electrons. The number of Topliss-reactive ketones (excluding diaryl/α,β-unsaturated/α-hetero) is 1. The van der Waals surface area contributed by atoms with Gasteiger partial charge in [0, 0.05) is 30.1 Å². The molecule has 0 amide bonds. The van der Waals surface area contributed by atoms with Crippen molar-refractivity contribution in [1.82, 2.24) is 9.97 Å². The van der Waals surface area contributed by atoms with Crippen LogP contribution in [0.3, 0.4) is 0 Å². The Balaban J connectivity index is 2.17. The van der Waals surface area contributed by atoms with Crippen LogP contribution in [0.4, 0.5) is 10.1 Å². The van der Waals surface area contributed by atoms with Crippen molar-refractivity contribution in [3.8, 4) is 0 Å². The van der Waals surface area contributed by atoms with Gasteiger partial charge in [-0.2, -0.15) is 0 Å². The van der Waals surface area contributed by atoms with Crippen molar-refractivity contribution in [3.63, 3.8) is 0 Å². The molecule has 5 heteroatoms. The minimum Gasteiger partial charge on any atom is -0.398 e. The average Bonchev–Trinajstić information content (AvgIpc) is 2.33. The fourth-order valence-corrected chi connectivity index (χ4v) is 1.39. The normalized spacial score (nSPS) is 10.2. The number of halogens is 1. The quantitative estimate of drug-likeness (QED) is 0.815. The number of pyridine rings is 2. The Labute approximate surface area is 97.3 Å². The van der Waals surface area contributed by atoms with Gasteiger partial charge in [0.25, 0.3) is 0 Å². The number of aromatic nitrogens is 2. The maximum atomic E-state index is 12.6. The van der Waals surface area contributed by atoms with Crippen LogP contribution in [0.25, 0.3) is 0 Å². The highest BCUT2D eigenvalue weighted by molar-refractivity contribution is 5.96. The minimum atomic E-state index is -0.470. The lowest BCUT2D eigenvalue weighted by Crippen LogP contribution is -2.08. The Bertz CT molecular complexity index is 540.